The molecule has 0 radical (unpaired) electrons. The molecule has 2 unspecified atom stereocenters. The molecule has 2 nitrogen and oxygen atoms in total. The molecular formula is C11H22O2. The Morgan fingerprint density at radius 3 is 2.31 bits per heavy atom. The third kappa shape index (κ3) is 3.37. The quantitative estimate of drug-likeness (QED) is 0.617. The first kappa shape index (κ1) is 12.5. The first-order valence-electron chi connectivity index (χ1n) is 5.08. The van der Waals surface area contributed by atoms with Crippen LogP contribution >= 0.6 is 0 Å². The van der Waals surface area contributed by atoms with Crippen molar-refractivity contribution in [2.24, 2.45) is 11.3 Å². The second-order valence-electron chi connectivity index (χ2n) is 4.12. The van der Waals surface area contributed by atoms with Crippen molar-refractivity contribution in [2.75, 3.05) is 7.11 Å². The number of carbonyl (C=O) groups excluding carboxylic acids is 1. The van der Waals surface area contributed by atoms with Gasteiger partial charge in [0.15, 0.2) is 0 Å². The lowest BCUT2D eigenvalue weighted by atomic mass is 9.78. The number of methoxy groups -OCH3 is 1. The van der Waals surface area contributed by atoms with Crippen LogP contribution in [-0.4, -0.2) is 13.1 Å². The van der Waals surface area contributed by atoms with Crippen molar-refractivity contribution in [3.63, 3.8) is 0 Å². The van der Waals surface area contributed by atoms with Crippen molar-refractivity contribution in [1.29, 1.82) is 0 Å². The Morgan fingerprint density at radius 1 is 1.46 bits per heavy atom. The fourth-order valence-electron chi connectivity index (χ4n) is 1.53. The monoisotopic (exact) mass is 186 g/mol. The summed E-state index contributed by atoms with van der Waals surface area (Å²) in [5.41, 5.74) is -0.288. The predicted molar refractivity (Wildman–Crippen MR) is 54.5 cm³/mol. The molecule has 0 heterocycles. The number of esters is 1. The SMILES string of the molecule is CCC(C)CC(C)(CC)C(=O)OC. The highest BCUT2D eigenvalue weighted by molar-refractivity contribution is 5.76. The highest BCUT2D eigenvalue weighted by Gasteiger charge is 2.33. The predicted octanol–water partition coefficient (Wildman–Crippen LogP) is 3.01. The number of hydrogen-bond donors (Lipinski definition) is 0. The van der Waals surface area contributed by atoms with Crippen LogP contribution in [0.4, 0.5) is 0 Å². The van der Waals surface area contributed by atoms with E-state index in [0.29, 0.717) is 5.92 Å². The summed E-state index contributed by atoms with van der Waals surface area (Å²) in [4.78, 5) is 11.5. The van der Waals surface area contributed by atoms with Gasteiger partial charge in [-0.05, 0) is 25.7 Å². The summed E-state index contributed by atoms with van der Waals surface area (Å²) < 4.78 is 4.81. The molecule has 2 heteroatoms. The average molecular weight is 186 g/mol. The molecular weight excluding hydrogens is 164 g/mol. The second kappa shape index (κ2) is 5.25. The van der Waals surface area contributed by atoms with Crippen molar-refractivity contribution >= 4 is 5.97 Å². The number of hydrogen-bond acceptors (Lipinski definition) is 2. The van der Waals surface area contributed by atoms with Gasteiger partial charge in [0.2, 0.25) is 0 Å². The van der Waals surface area contributed by atoms with Crippen LogP contribution in [0, 0.1) is 11.3 Å². The fourth-order valence-corrected chi connectivity index (χ4v) is 1.53. The molecule has 0 bridgehead atoms. The van der Waals surface area contributed by atoms with Gasteiger partial charge in [-0.1, -0.05) is 27.2 Å². The van der Waals surface area contributed by atoms with Crippen molar-refractivity contribution in [2.45, 2.75) is 47.0 Å². The van der Waals surface area contributed by atoms with Gasteiger partial charge in [0.1, 0.15) is 0 Å². The topological polar surface area (TPSA) is 26.3 Å². The third-order valence-corrected chi connectivity index (χ3v) is 2.95. The lowest BCUT2D eigenvalue weighted by Gasteiger charge is -2.27. The van der Waals surface area contributed by atoms with Gasteiger partial charge in [-0.2, -0.15) is 0 Å². The standard InChI is InChI=1S/C11H22O2/c1-6-9(3)8-11(4,7-2)10(12)13-5/h9H,6-8H2,1-5H3. The summed E-state index contributed by atoms with van der Waals surface area (Å²) in [5.74, 6) is 0.513. The Bertz CT molecular complexity index is 165. The van der Waals surface area contributed by atoms with Gasteiger partial charge in [0.05, 0.1) is 12.5 Å². The van der Waals surface area contributed by atoms with E-state index in [4.69, 9.17) is 4.74 Å². The maximum atomic E-state index is 11.5. The summed E-state index contributed by atoms with van der Waals surface area (Å²) in [6.45, 7) is 8.36. The van der Waals surface area contributed by atoms with E-state index in [2.05, 4.69) is 13.8 Å². The lowest BCUT2D eigenvalue weighted by Crippen LogP contribution is -2.30. The molecule has 0 saturated carbocycles. The summed E-state index contributed by atoms with van der Waals surface area (Å²) in [7, 11) is 1.47. The molecule has 0 aliphatic heterocycles. The highest BCUT2D eigenvalue weighted by Crippen LogP contribution is 2.32. The molecule has 0 saturated heterocycles. The fraction of sp³-hybridized carbons (Fsp3) is 0.909. The summed E-state index contributed by atoms with van der Waals surface area (Å²) >= 11 is 0. The summed E-state index contributed by atoms with van der Waals surface area (Å²) in [5, 5.41) is 0. The normalized spacial score (nSPS) is 17.6. The van der Waals surface area contributed by atoms with Crippen LogP contribution in [0.25, 0.3) is 0 Å². The van der Waals surface area contributed by atoms with E-state index in [1.54, 1.807) is 0 Å². The van der Waals surface area contributed by atoms with Gasteiger partial charge in [0.25, 0.3) is 0 Å². The zero-order valence-electron chi connectivity index (χ0n) is 9.52. The molecule has 0 fully saturated rings. The third-order valence-electron chi connectivity index (χ3n) is 2.95. The van der Waals surface area contributed by atoms with Crippen LogP contribution in [0.2, 0.25) is 0 Å². The zero-order chi connectivity index (χ0) is 10.5. The number of ether oxygens (including phenoxy) is 1. The van der Waals surface area contributed by atoms with Crippen molar-refractivity contribution in [3.8, 4) is 0 Å². The molecule has 0 aromatic rings. The minimum absolute atomic E-state index is 0.0738. The van der Waals surface area contributed by atoms with E-state index >= 15 is 0 Å². The minimum Gasteiger partial charge on any atom is -0.469 e. The van der Waals surface area contributed by atoms with E-state index in [1.807, 2.05) is 13.8 Å². The first-order valence-corrected chi connectivity index (χ1v) is 5.08. The molecule has 0 aliphatic rings. The van der Waals surface area contributed by atoms with E-state index < -0.39 is 0 Å². The van der Waals surface area contributed by atoms with Gasteiger partial charge in [-0.25, -0.2) is 0 Å². The van der Waals surface area contributed by atoms with Crippen molar-refractivity contribution < 1.29 is 9.53 Å². The van der Waals surface area contributed by atoms with Crippen LogP contribution in [-0.2, 0) is 9.53 Å². The Balaban J connectivity index is 4.35. The molecule has 0 spiro atoms. The summed E-state index contributed by atoms with van der Waals surface area (Å²) in [6.07, 6.45) is 2.89. The lowest BCUT2D eigenvalue weighted by molar-refractivity contribution is -0.153. The molecule has 78 valence electrons. The largest absolute Gasteiger partial charge is 0.469 e. The zero-order valence-corrected chi connectivity index (χ0v) is 9.52. The molecule has 13 heavy (non-hydrogen) atoms. The van der Waals surface area contributed by atoms with Crippen LogP contribution in [0.1, 0.15) is 47.0 Å². The van der Waals surface area contributed by atoms with Crippen LogP contribution < -0.4 is 0 Å². The Kier molecular flexibility index (Phi) is 5.04. The van der Waals surface area contributed by atoms with Crippen LogP contribution in [0.5, 0.6) is 0 Å². The van der Waals surface area contributed by atoms with Gasteiger partial charge in [0, 0.05) is 0 Å². The molecule has 0 rings (SSSR count). The smallest absolute Gasteiger partial charge is 0.311 e. The second-order valence-corrected chi connectivity index (χ2v) is 4.12. The van der Waals surface area contributed by atoms with Gasteiger partial charge < -0.3 is 4.74 Å². The Hall–Kier alpha value is -0.530. The molecule has 0 aliphatic carbocycles. The van der Waals surface area contributed by atoms with Crippen molar-refractivity contribution in [1.82, 2.24) is 0 Å². The summed E-state index contributed by atoms with van der Waals surface area (Å²) in [6, 6.07) is 0. The van der Waals surface area contributed by atoms with E-state index in [9.17, 15) is 4.79 Å². The maximum Gasteiger partial charge on any atom is 0.311 e. The molecule has 0 N–H and O–H groups in total. The molecule has 2 atom stereocenters. The minimum atomic E-state index is -0.288. The highest BCUT2D eigenvalue weighted by atomic mass is 16.5. The Labute approximate surface area is 81.7 Å². The maximum absolute atomic E-state index is 11.5. The molecule has 0 amide bonds. The van der Waals surface area contributed by atoms with Gasteiger partial charge in [-0.3, -0.25) is 4.79 Å². The van der Waals surface area contributed by atoms with Crippen LogP contribution in [0.3, 0.4) is 0 Å². The van der Waals surface area contributed by atoms with E-state index in [1.165, 1.54) is 7.11 Å². The van der Waals surface area contributed by atoms with E-state index in [-0.39, 0.29) is 11.4 Å². The first-order chi connectivity index (χ1) is 6.00. The van der Waals surface area contributed by atoms with Gasteiger partial charge in [-0.15, -0.1) is 0 Å². The average Bonchev–Trinajstić information content (AvgIpc) is 2.15. The Morgan fingerprint density at radius 2 is 2.00 bits per heavy atom. The van der Waals surface area contributed by atoms with E-state index in [0.717, 1.165) is 19.3 Å². The molecule has 0 aromatic heterocycles. The number of carbonyl (C=O) groups is 1. The number of rotatable bonds is 5. The van der Waals surface area contributed by atoms with Crippen molar-refractivity contribution in [3.05, 3.63) is 0 Å². The van der Waals surface area contributed by atoms with Gasteiger partial charge >= 0.3 is 5.97 Å². The van der Waals surface area contributed by atoms with Crippen LogP contribution in [0.15, 0.2) is 0 Å². The molecule has 0 aromatic carbocycles.